The first-order valence-corrected chi connectivity index (χ1v) is 10.0. The molecule has 0 saturated carbocycles. The third-order valence-electron chi connectivity index (χ3n) is 5.53. The summed E-state index contributed by atoms with van der Waals surface area (Å²) >= 11 is 0. The van der Waals surface area contributed by atoms with Crippen molar-refractivity contribution >= 4 is 22.9 Å². The molecule has 1 aliphatic heterocycles. The molecule has 0 atom stereocenters. The molecule has 3 heterocycles. The molecule has 5 rings (SSSR count). The number of carbonyl (C=O) groups is 1. The number of piperazine rings is 1. The van der Waals surface area contributed by atoms with Crippen molar-refractivity contribution in [1.82, 2.24) is 29.9 Å². The molecule has 9 heteroatoms. The Balaban J connectivity index is 1.37. The predicted octanol–water partition coefficient (Wildman–Crippen LogP) is 2.62. The lowest BCUT2D eigenvalue weighted by Crippen LogP contribution is -2.49. The zero-order valence-electron chi connectivity index (χ0n) is 16.9. The van der Waals surface area contributed by atoms with Crippen LogP contribution in [-0.2, 0) is 0 Å². The van der Waals surface area contributed by atoms with Gasteiger partial charge >= 0.3 is 0 Å². The molecule has 1 aliphatic rings. The molecule has 0 spiro atoms. The van der Waals surface area contributed by atoms with Crippen LogP contribution in [0.25, 0.3) is 16.9 Å². The monoisotopic (exact) mass is 417 g/mol. The molecule has 2 aromatic carbocycles. The second-order valence-electron chi connectivity index (χ2n) is 7.44. The molecule has 2 aromatic heterocycles. The molecule has 4 aromatic rings. The van der Waals surface area contributed by atoms with Gasteiger partial charge in [0.05, 0.1) is 5.69 Å². The average molecular weight is 417 g/mol. The van der Waals surface area contributed by atoms with E-state index >= 15 is 0 Å². The van der Waals surface area contributed by atoms with Crippen LogP contribution in [-0.4, -0.2) is 61.9 Å². The normalized spacial score (nSPS) is 14.3. The fraction of sp³-hybridized carbons (Fsp3) is 0.227. The van der Waals surface area contributed by atoms with Crippen LogP contribution in [0.4, 0.5) is 10.2 Å². The molecule has 31 heavy (non-hydrogen) atoms. The Kier molecular flexibility index (Phi) is 4.78. The minimum absolute atomic E-state index is 0.0489. The van der Waals surface area contributed by atoms with Gasteiger partial charge in [-0.05, 0) is 42.8 Å². The van der Waals surface area contributed by atoms with E-state index in [4.69, 9.17) is 0 Å². The number of amides is 1. The van der Waals surface area contributed by atoms with Crippen LogP contribution in [0.5, 0.6) is 0 Å². The van der Waals surface area contributed by atoms with Gasteiger partial charge in [0.25, 0.3) is 5.91 Å². The Hall–Kier alpha value is -3.88. The average Bonchev–Trinajstić information content (AvgIpc) is 3.24. The summed E-state index contributed by atoms with van der Waals surface area (Å²) < 4.78 is 14.8. The van der Waals surface area contributed by atoms with Gasteiger partial charge in [0.15, 0.2) is 17.0 Å². The number of aromatic nitrogens is 5. The smallest absolute Gasteiger partial charge is 0.254 e. The van der Waals surface area contributed by atoms with Crippen LogP contribution in [0.3, 0.4) is 0 Å². The molecule has 0 bridgehead atoms. The zero-order chi connectivity index (χ0) is 21.4. The zero-order valence-corrected chi connectivity index (χ0v) is 16.9. The Morgan fingerprint density at radius 3 is 2.45 bits per heavy atom. The van der Waals surface area contributed by atoms with E-state index in [2.05, 4.69) is 25.2 Å². The third kappa shape index (κ3) is 3.48. The van der Waals surface area contributed by atoms with Crippen molar-refractivity contribution in [2.75, 3.05) is 31.1 Å². The topological polar surface area (TPSA) is 80.0 Å². The van der Waals surface area contributed by atoms with E-state index in [1.54, 1.807) is 16.8 Å². The van der Waals surface area contributed by atoms with E-state index in [9.17, 15) is 9.18 Å². The fourth-order valence-corrected chi connectivity index (χ4v) is 3.83. The fourth-order valence-electron chi connectivity index (χ4n) is 3.83. The number of halogens is 1. The van der Waals surface area contributed by atoms with E-state index in [1.807, 2.05) is 36.1 Å². The number of rotatable bonds is 3. The highest BCUT2D eigenvalue weighted by Gasteiger charge is 2.26. The lowest BCUT2D eigenvalue weighted by molar-refractivity contribution is 0.0746. The standard InChI is InChI=1S/C22H20FN7O/c1-15-4-2-3-5-18(15)22(31)29-12-10-28(11-13-29)20-19-21(25-14-24-20)30(27-26-19)17-8-6-16(23)7-9-17/h2-9,14H,10-13H2,1H3. The number of hydrogen-bond donors (Lipinski definition) is 0. The van der Waals surface area contributed by atoms with E-state index in [1.165, 1.54) is 18.5 Å². The van der Waals surface area contributed by atoms with Crippen molar-refractivity contribution in [1.29, 1.82) is 0 Å². The molecule has 1 fully saturated rings. The highest BCUT2D eigenvalue weighted by Crippen LogP contribution is 2.24. The molecular weight excluding hydrogens is 397 g/mol. The van der Waals surface area contributed by atoms with Gasteiger partial charge in [0.1, 0.15) is 12.1 Å². The summed E-state index contributed by atoms with van der Waals surface area (Å²) in [6.45, 7) is 4.39. The number of nitrogens with zero attached hydrogens (tertiary/aromatic N) is 7. The van der Waals surface area contributed by atoms with Gasteiger partial charge in [-0.1, -0.05) is 23.4 Å². The maximum Gasteiger partial charge on any atom is 0.254 e. The lowest BCUT2D eigenvalue weighted by Gasteiger charge is -2.35. The summed E-state index contributed by atoms with van der Waals surface area (Å²) in [6.07, 6.45) is 1.48. The number of carbonyl (C=O) groups excluding carboxylic acids is 1. The predicted molar refractivity (Wildman–Crippen MR) is 114 cm³/mol. The van der Waals surface area contributed by atoms with E-state index in [0.29, 0.717) is 48.8 Å². The van der Waals surface area contributed by atoms with Gasteiger partial charge in [-0.15, -0.1) is 5.10 Å². The van der Waals surface area contributed by atoms with Crippen LogP contribution in [0.1, 0.15) is 15.9 Å². The minimum atomic E-state index is -0.318. The Morgan fingerprint density at radius 1 is 0.968 bits per heavy atom. The SMILES string of the molecule is Cc1ccccc1C(=O)N1CCN(c2ncnc3c2nnn3-c2ccc(F)cc2)CC1. The van der Waals surface area contributed by atoms with Crippen LogP contribution in [0.15, 0.2) is 54.9 Å². The molecule has 156 valence electrons. The Bertz CT molecular complexity index is 1250. The molecule has 1 amide bonds. The molecule has 0 aliphatic carbocycles. The Labute approximate surface area is 177 Å². The molecule has 8 nitrogen and oxygen atoms in total. The van der Waals surface area contributed by atoms with Crippen molar-refractivity contribution in [3.05, 3.63) is 71.8 Å². The highest BCUT2D eigenvalue weighted by molar-refractivity contribution is 5.95. The first-order chi connectivity index (χ1) is 15.1. The Morgan fingerprint density at radius 2 is 1.71 bits per heavy atom. The summed E-state index contributed by atoms with van der Waals surface area (Å²) in [5.41, 5.74) is 3.51. The molecule has 1 saturated heterocycles. The molecule has 0 radical (unpaired) electrons. The van der Waals surface area contributed by atoms with Gasteiger partial charge in [-0.2, -0.15) is 4.68 Å². The van der Waals surface area contributed by atoms with Crippen LogP contribution < -0.4 is 4.90 Å². The lowest BCUT2D eigenvalue weighted by atomic mass is 10.1. The van der Waals surface area contributed by atoms with Crippen molar-refractivity contribution in [3.8, 4) is 5.69 Å². The highest BCUT2D eigenvalue weighted by atomic mass is 19.1. The number of benzene rings is 2. The van der Waals surface area contributed by atoms with Gasteiger partial charge < -0.3 is 9.80 Å². The van der Waals surface area contributed by atoms with E-state index in [-0.39, 0.29) is 11.7 Å². The van der Waals surface area contributed by atoms with Crippen LogP contribution in [0.2, 0.25) is 0 Å². The van der Waals surface area contributed by atoms with Crippen LogP contribution in [0, 0.1) is 12.7 Å². The largest absolute Gasteiger partial charge is 0.351 e. The quantitative estimate of drug-likeness (QED) is 0.510. The van der Waals surface area contributed by atoms with Gasteiger partial charge in [0.2, 0.25) is 0 Å². The molecule has 0 unspecified atom stereocenters. The van der Waals surface area contributed by atoms with E-state index < -0.39 is 0 Å². The van der Waals surface area contributed by atoms with Gasteiger partial charge in [-0.3, -0.25) is 4.79 Å². The van der Waals surface area contributed by atoms with Crippen molar-refractivity contribution in [2.24, 2.45) is 0 Å². The number of hydrogen-bond acceptors (Lipinski definition) is 6. The third-order valence-corrected chi connectivity index (χ3v) is 5.53. The summed E-state index contributed by atoms with van der Waals surface area (Å²) in [5.74, 6) is 0.413. The van der Waals surface area contributed by atoms with Crippen molar-refractivity contribution < 1.29 is 9.18 Å². The number of fused-ring (bicyclic) bond motifs is 1. The van der Waals surface area contributed by atoms with Gasteiger partial charge in [0, 0.05) is 31.7 Å². The summed E-state index contributed by atoms with van der Waals surface area (Å²) in [5, 5.41) is 8.47. The first-order valence-electron chi connectivity index (χ1n) is 10.0. The second kappa shape index (κ2) is 7.75. The molecule has 0 N–H and O–H groups in total. The first kappa shape index (κ1) is 19.1. The second-order valence-corrected chi connectivity index (χ2v) is 7.44. The number of anilines is 1. The molecular formula is C22H20FN7O. The minimum Gasteiger partial charge on any atom is -0.351 e. The van der Waals surface area contributed by atoms with Crippen LogP contribution >= 0.6 is 0 Å². The maximum absolute atomic E-state index is 13.3. The van der Waals surface area contributed by atoms with E-state index in [0.717, 1.165) is 11.1 Å². The summed E-state index contributed by atoms with van der Waals surface area (Å²) in [7, 11) is 0. The number of aryl methyl sites for hydroxylation is 1. The van der Waals surface area contributed by atoms with Crippen molar-refractivity contribution in [3.63, 3.8) is 0 Å². The van der Waals surface area contributed by atoms with Crippen molar-refractivity contribution in [2.45, 2.75) is 6.92 Å². The summed E-state index contributed by atoms with van der Waals surface area (Å²) in [4.78, 5) is 25.6. The summed E-state index contributed by atoms with van der Waals surface area (Å²) in [6, 6.07) is 13.6. The maximum atomic E-state index is 13.3. The van der Waals surface area contributed by atoms with Gasteiger partial charge in [-0.25, -0.2) is 14.4 Å².